The summed E-state index contributed by atoms with van der Waals surface area (Å²) in [5.74, 6) is 0. The maximum absolute atomic E-state index is 11.9. The summed E-state index contributed by atoms with van der Waals surface area (Å²) in [6, 6.07) is 1.13. The standard InChI is InChI=1S/C12H25N2O3Si/c1-4-13-9-10-14(12(13)15)8-7-11-18(16-5-2)17-6-3/h4-11H2,1-3H3. The topological polar surface area (TPSA) is 42.0 Å². The third-order valence-corrected chi connectivity index (χ3v) is 4.97. The Morgan fingerprint density at radius 3 is 2.22 bits per heavy atom. The van der Waals surface area contributed by atoms with E-state index < -0.39 is 9.28 Å². The SMILES string of the molecule is CCO[Si](CCCN1CCN(CC)C1=O)OCC. The average molecular weight is 273 g/mol. The first-order valence-corrected chi connectivity index (χ1v) is 8.40. The van der Waals surface area contributed by atoms with Crippen LogP contribution in [0.1, 0.15) is 27.2 Å². The van der Waals surface area contributed by atoms with Crippen molar-refractivity contribution in [1.29, 1.82) is 0 Å². The summed E-state index contributed by atoms with van der Waals surface area (Å²) in [7, 11) is -1.13. The largest absolute Gasteiger partial charge is 0.394 e. The number of carbonyl (C=O) groups is 1. The van der Waals surface area contributed by atoms with E-state index in [1.165, 1.54) is 0 Å². The van der Waals surface area contributed by atoms with E-state index in [4.69, 9.17) is 8.85 Å². The molecule has 5 nitrogen and oxygen atoms in total. The zero-order valence-electron chi connectivity index (χ0n) is 11.8. The third-order valence-electron chi connectivity index (χ3n) is 2.98. The van der Waals surface area contributed by atoms with Crippen LogP contribution in [0.5, 0.6) is 0 Å². The quantitative estimate of drug-likeness (QED) is 0.600. The molecule has 0 spiro atoms. The number of urea groups is 1. The van der Waals surface area contributed by atoms with Crippen LogP contribution in [-0.4, -0.2) is 64.5 Å². The van der Waals surface area contributed by atoms with E-state index >= 15 is 0 Å². The fourth-order valence-electron chi connectivity index (χ4n) is 2.06. The molecule has 105 valence electrons. The second kappa shape index (κ2) is 8.50. The fraction of sp³-hybridized carbons (Fsp3) is 0.917. The Morgan fingerprint density at radius 2 is 1.72 bits per heavy atom. The van der Waals surface area contributed by atoms with E-state index in [1.54, 1.807) is 0 Å². The predicted octanol–water partition coefficient (Wildman–Crippen LogP) is 1.70. The van der Waals surface area contributed by atoms with Crippen molar-refractivity contribution in [2.75, 3.05) is 39.4 Å². The van der Waals surface area contributed by atoms with Crippen LogP contribution in [0, 0.1) is 0 Å². The Hall–Kier alpha value is -0.593. The van der Waals surface area contributed by atoms with Crippen LogP contribution in [0.15, 0.2) is 0 Å². The van der Waals surface area contributed by atoms with Crippen LogP contribution in [0.4, 0.5) is 4.79 Å². The van der Waals surface area contributed by atoms with E-state index in [0.29, 0.717) is 13.2 Å². The monoisotopic (exact) mass is 273 g/mol. The number of rotatable bonds is 9. The molecule has 1 radical (unpaired) electrons. The first-order valence-electron chi connectivity index (χ1n) is 6.88. The van der Waals surface area contributed by atoms with Gasteiger partial charge in [-0.25, -0.2) is 4.79 Å². The predicted molar refractivity (Wildman–Crippen MR) is 72.6 cm³/mol. The van der Waals surface area contributed by atoms with Crippen molar-refractivity contribution in [1.82, 2.24) is 9.80 Å². The summed E-state index contributed by atoms with van der Waals surface area (Å²) < 4.78 is 11.2. The number of nitrogens with zero attached hydrogens (tertiary/aromatic N) is 2. The maximum Gasteiger partial charge on any atom is 0.384 e. The summed E-state index contributed by atoms with van der Waals surface area (Å²) in [5, 5.41) is 0. The van der Waals surface area contributed by atoms with E-state index in [1.807, 2.05) is 30.6 Å². The van der Waals surface area contributed by atoms with Crippen LogP contribution in [0.3, 0.4) is 0 Å². The van der Waals surface area contributed by atoms with Gasteiger partial charge in [0.05, 0.1) is 0 Å². The lowest BCUT2D eigenvalue weighted by atomic mass is 10.4. The van der Waals surface area contributed by atoms with Crippen LogP contribution >= 0.6 is 0 Å². The lowest BCUT2D eigenvalue weighted by Gasteiger charge is -2.18. The average Bonchev–Trinajstić information content (AvgIpc) is 2.71. The van der Waals surface area contributed by atoms with Crippen molar-refractivity contribution in [3.63, 3.8) is 0 Å². The molecule has 1 fully saturated rings. The molecule has 0 bridgehead atoms. The minimum atomic E-state index is -1.13. The van der Waals surface area contributed by atoms with Gasteiger partial charge in [0.15, 0.2) is 0 Å². The van der Waals surface area contributed by atoms with Gasteiger partial charge in [0.1, 0.15) is 0 Å². The Bertz CT molecular complexity index is 247. The van der Waals surface area contributed by atoms with E-state index in [2.05, 4.69) is 0 Å². The Kier molecular flexibility index (Phi) is 7.30. The summed E-state index contributed by atoms with van der Waals surface area (Å²) in [6.45, 7) is 10.8. The van der Waals surface area contributed by atoms with Crippen LogP contribution in [0.2, 0.25) is 6.04 Å². The lowest BCUT2D eigenvalue weighted by Crippen LogP contribution is -2.33. The van der Waals surface area contributed by atoms with Gasteiger partial charge in [0.2, 0.25) is 0 Å². The van der Waals surface area contributed by atoms with Crippen molar-refractivity contribution < 1.29 is 13.6 Å². The van der Waals surface area contributed by atoms with Crippen molar-refractivity contribution in [2.24, 2.45) is 0 Å². The molecular weight excluding hydrogens is 248 g/mol. The Morgan fingerprint density at radius 1 is 1.11 bits per heavy atom. The zero-order chi connectivity index (χ0) is 13.4. The van der Waals surface area contributed by atoms with Crippen molar-refractivity contribution in [2.45, 2.75) is 33.2 Å². The van der Waals surface area contributed by atoms with Crippen molar-refractivity contribution >= 4 is 15.3 Å². The molecule has 0 aromatic heterocycles. The van der Waals surface area contributed by atoms with Crippen LogP contribution in [-0.2, 0) is 8.85 Å². The van der Waals surface area contributed by atoms with Gasteiger partial charge in [0, 0.05) is 39.4 Å². The molecule has 0 aromatic carbocycles. The molecule has 2 amide bonds. The summed E-state index contributed by atoms with van der Waals surface area (Å²) in [5.41, 5.74) is 0. The highest BCUT2D eigenvalue weighted by Gasteiger charge is 2.26. The van der Waals surface area contributed by atoms with Crippen LogP contribution in [0.25, 0.3) is 0 Å². The highest BCUT2D eigenvalue weighted by Crippen LogP contribution is 2.10. The summed E-state index contributed by atoms with van der Waals surface area (Å²) in [6.07, 6.45) is 0.970. The fourth-order valence-corrected chi connectivity index (χ4v) is 3.52. The van der Waals surface area contributed by atoms with Crippen molar-refractivity contribution in [3.05, 3.63) is 0 Å². The van der Waals surface area contributed by atoms with Gasteiger partial charge in [-0.05, 0) is 33.2 Å². The van der Waals surface area contributed by atoms with E-state index in [0.717, 1.165) is 38.6 Å². The van der Waals surface area contributed by atoms with Crippen LogP contribution < -0.4 is 0 Å². The van der Waals surface area contributed by atoms with Gasteiger partial charge < -0.3 is 18.7 Å². The molecule has 1 aliphatic rings. The first kappa shape index (κ1) is 15.5. The minimum absolute atomic E-state index is 0.180. The third kappa shape index (κ3) is 4.59. The number of carbonyl (C=O) groups excluding carboxylic acids is 1. The number of hydrogen-bond acceptors (Lipinski definition) is 3. The molecule has 1 aliphatic heterocycles. The molecule has 0 aromatic rings. The number of likely N-dealkylation sites (N-methyl/N-ethyl adjacent to an activating group) is 1. The smallest absolute Gasteiger partial charge is 0.384 e. The first-order chi connectivity index (χ1) is 8.72. The Balaban J connectivity index is 2.22. The second-order valence-electron chi connectivity index (χ2n) is 4.19. The van der Waals surface area contributed by atoms with Gasteiger partial charge in [-0.15, -0.1) is 0 Å². The van der Waals surface area contributed by atoms with Gasteiger partial charge in [-0.3, -0.25) is 0 Å². The van der Waals surface area contributed by atoms with Gasteiger partial charge in [-0.1, -0.05) is 0 Å². The molecule has 1 rings (SSSR count). The molecule has 0 saturated carbocycles. The molecule has 1 saturated heterocycles. The Labute approximate surface area is 112 Å². The zero-order valence-corrected chi connectivity index (χ0v) is 12.8. The van der Waals surface area contributed by atoms with Gasteiger partial charge in [0.25, 0.3) is 0 Å². The van der Waals surface area contributed by atoms with E-state index in [-0.39, 0.29) is 6.03 Å². The van der Waals surface area contributed by atoms with Gasteiger partial charge >= 0.3 is 15.3 Å². The lowest BCUT2D eigenvalue weighted by molar-refractivity contribution is 0.191. The minimum Gasteiger partial charge on any atom is -0.394 e. The summed E-state index contributed by atoms with van der Waals surface area (Å²) >= 11 is 0. The van der Waals surface area contributed by atoms with E-state index in [9.17, 15) is 4.79 Å². The molecule has 0 aliphatic carbocycles. The molecule has 1 heterocycles. The molecule has 0 atom stereocenters. The normalized spacial score (nSPS) is 16.1. The molecule has 0 N–H and O–H groups in total. The number of amides is 2. The van der Waals surface area contributed by atoms with Crippen molar-refractivity contribution in [3.8, 4) is 0 Å². The second-order valence-corrected chi connectivity index (χ2v) is 6.01. The molecule has 0 unspecified atom stereocenters. The van der Waals surface area contributed by atoms with Gasteiger partial charge in [-0.2, -0.15) is 0 Å². The highest BCUT2D eigenvalue weighted by atomic mass is 28.3. The molecule has 6 heteroatoms. The maximum atomic E-state index is 11.9. The molecular formula is C12H25N2O3Si. The molecule has 18 heavy (non-hydrogen) atoms. The number of hydrogen-bond donors (Lipinski definition) is 0. The summed E-state index contributed by atoms with van der Waals surface area (Å²) in [4.78, 5) is 15.7. The highest BCUT2D eigenvalue weighted by molar-refractivity contribution is 6.44.